The molecule has 1 aliphatic rings. The van der Waals surface area contributed by atoms with E-state index in [0.717, 1.165) is 22.1 Å². The average Bonchev–Trinajstić information content (AvgIpc) is 3.50. The number of aliphatic carboxylic acids is 1. The highest BCUT2D eigenvalue weighted by atomic mass is 32.2. The number of benzene rings is 3. The molecule has 5 rings (SSSR count). The number of amides is 1. The zero-order chi connectivity index (χ0) is 31.1. The highest BCUT2D eigenvalue weighted by Crippen LogP contribution is 2.39. The van der Waals surface area contributed by atoms with Crippen LogP contribution in [0.3, 0.4) is 0 Å². The Morgan fingerprint density at radius 2 is 1.60 bits per heavy atom. The van der Waals surface area contributed by atoms with E-state index >= 15 is 0 Å². The first-order valence-corrected chi connectivity index (χ1v) is 15.3. The third-order valence-corrected chi connectivity index (χ3v) is 8.86. The van der Waals surface area contributed by atoms with Gasteiger partial charge in [0, 0.05) is 16.6 Å². The van der Waals surface area contributed by atoms with Gasteiger partial charge in [0.25, 0.3) is 5.91 Å². The van der Waals surface area contributed by atoms with Crippen molar-refractivity contribution < 1.29 is 37.0 Å². The number of aryl methyl sites for hydroxylation is 1. The number of carbonyl (C=O) groups is 2. The van der Waals surface area contributed by atoms with E-state index in [-0.39, 0.29) is 22.7 Å². The summed E-state index contributed by atoms with van der Waals surface area (Å²) >= 11 is 0. The number of fused-ring (bicyclic) bond motifs is 1. The number of rotatable bonds is 9. The molecule has 0 spiro atoms. The number of hydrogen-bond acceptors (Lipinski definition) is 7. The molecule has 1 amide bonds. The molecular weight excluding hydrogens is 572 g/mol. The summed E-state index contributed by atoms with van der Waals surface area (Å²) in [5.41, 5.74) is 4.31. The van der Waals surface area contributed by atoms with Crippen molar-refractivity contribution in [3.8, 4) is 11.1 Å². The summed E-state index contributed by atoms with van der Waals surface area (Å²) in [4.78, 5) is 24.6. The fraction of sp³-hybridized carbons (Fsp3) is 0.312. The van der Waals surface area contributed by atoms with Crippen molar-refractivity contribution in [2.45, 2.75) is 57.4 Å². The number of ether oxygens (including phenoxy) is 2. The molecule has 11 heteroatoms. The second-order valence-electron chi connectivity index (χ2n) is 11.3. The number of sulfonamides is 1. The standard InChI is InChI=1S/C32H34N2O8S/c1-18(2)28(31(36)37)34-43(38,39)23-15-11-21(12-16-23)20-9-13-22(14-10-20)33-30(35)29-19(3)27-24(7-6-8-25(27)41-29)26-17-40-32(4,5)42-26/h6-16,18,26,28,34H,17H2,1-5H3,(H,33,35)(H,36,37)/t26?,28-/m1/s1. The third kappa shape index (κ3) is 6.35. The van der Waals surface area contributed by atoms with Gasteiger partial charge in [-0.15, -0.1) is 0 Å². The molecule has 4 aromatic rings. The summed E-state index contributed by atoms with van der Waals surface area (Å²) in [6, 6.07) is 17.6. The average molecular weight is 607 g/mol. The molecule has 3 N–H and O–H groups in total. The Hall–Kier alpha value is -4.03. The lowest BCUT2D eigenvalue weighted by atomic mass is 10.0. The van der Waals surface area contributed by atoms with E-state index in [1.54, 1.807) is 50.2 Å². The number of carboxylic acids is 1. The summed E-state index contributed by atoms with van der Waals surface area (Å²) in [6.07, 6.45) is -0.273. The van der Waals surface area contributed by atoms with Crippen LogP contribution in [0.1, 0.15) is 55.5 Å². The van der Waals surface area contributed by atoms with Gasteiger partial charge in [-0.05, 0) is 73.7 Å². The van der Waals surface area contributed by atoms with Crippen molar-refractivity contribution in [2.75, 3.05) is 11.9 Å². The predicted octanol–water partition coefficient (Wildman–Crippen LogP) is 5.87. The highest BCUT2D eigenvalue weighted by molar-refractivity contribution is 7.89. The van der Waals surface area contributed by atoms with Gasteiger partial charge in [0.05, 0.1) is 11.5 Å². The monoisotopic (exact) mass is 606 g/mol. The van der Waals surface area contributed by atoms with Gasteiger partial charge in [0.15, 0.2) is 11.5 Å². The van der Waals surface area contributed by atoms with Gasteiger partial charge >= 0.3 is 5.97 Å². The van der Waals surface area contributed by atoms with Gasteiger partial charge in [0.2, 0.25) is 10.0 Å². The molecule has 2 heterocycles. The van der Waals surface area contributed by atoms with E-state index in [2.05, 4.69) is 10.0 Å². The SMILES string of the molecule is Cc1c(C(=O)Nc2ccc(-c3ccc(S(=O)(=O)N[C@@H](C(=O)O)C(C)C)cc3)cc2)oc2cccc(C3COC(C)(C)O3)c12. The zero-order valence-corrected chi connectivity index (χ0v) is 25.3. The van der Waals surface area contributed by atoms with E-state index in [1.807, 2.05) is 39.0 Å². The maximum Gasteiger partial charge on any atom is 0.322 e. The minimum atomic E-state index is -4.02. The van der Waals surface area contributed by atoms with Gasteiger partial charge in [-0.1, -0.05) is 50.2 Å². The van der Waals surface area contributed by atoms with Crippen LogP contribution in [0.15, 0.2) is 76.0 Å². The van der Waals surface area contributed by atoms with Gasteiger partial charge in [-0.3, -0.25) is 9.59 Å². The third-order valence-electron chi connectivity index (χ3n) is 7.40. The summed E-state index contributed by atoms with van der Waals surface area (Å²) < 4.78 is 45.5. The van der Waals surface area contributed by atoms with Crippen LogP contribution < -0.4 is 10.0 Å². The van der Waals surface area contributed by atoms with Crippen LogP contribution in [0.4, 0.5) is 5.69 Å². The lowest BCUT2D eigenvalue weighted by molar-refractivity contribution is -0.140. The number of anilines is 1. The van der Waals surface area contributed by atoms with Crippen molar-refractivity contribution in [3.05, 3.63) is 83.6 Å². The molecule has 1 aromatic heterocycles. The van der Waals surface area contributed by atoms with E-state index < -0.39 is 33.7 Å². The van der Waals surface area contributed by atoms with Gasteiger partial charge in [-0.2, -0.15) is 4.72 Å². The molecule has 2 atom stereocenters. The number of hydrogen-bond donors (Lipinski definition) is 3. The Balaban J connectivity index is 1.30. The molecule has 0 aliphatic carbocycles. The largest absolute Gasteiger partial charge is 0.480 e. The van der Waals surface area contributed by atoms with E-state index in [1.165, 1.54) is 12.1 Å². The second-order valence-corrected chi connectivity index (χ2v) is 13.0. The fourth-order valence-electron chi connectivity index (χ4n) is 5.13. The van der Waals surface area contributed by atoms with Crippen molar-refractivity contribution in [2.24, 2.45) is 5.92 Å². The van der Waals surface area contributed by atoms with Crippen LogP contribution in [-0.2, 0) is 24.3 Å². The summed E-state index contributed by atoms with van der Waals surface area (Å²) in [5.74, 6) is -2.53. The van der Waals surface area contributed by atoms with Crippen molar-refractivity contribution in [1.29, 1.82) is 0 Å². The molecular formula is C32H34N2O8S. The zero-order valence-electron chi connectivity index (χ0n) is 24.5. The second kappa shape index (κ2) is 11.6. The molecule has 1 unspecified atom stereocenters. The van der Waals surface area contributed by atoms with Gasteiger partial charge < -0.3 is 24.3 Å². The Morgan fingerprint density at radius 1 is 0.977 bits per heavy atom. The van der Waals surface area contributed by atoms with Crippen LogP contribution in [0.25, 0.3) is 22.1 Å². The molecule has 43 heavy (non-hydrogen) atoms. The Kier molecular flexibility index (Phi) is 8.19. The van der Waals surface area contributed by atoms with Crippen LogP contribution in [0, 0.1) is 12.8 Å². The van der Waals surface area contributed by atoms with Gasteiger partial charge in [-0.25, -0.2) is 8.42 Å². The Labute approximate surface area is 250 Å². The molecule has 1 saturated heterocycles. The van der Waals surface area contributed by atoms with Crippen LogP contribution >= 0.6 is 0 Å². The summed E-state index contributed by atoms with van der Waals surface area (Å²) in [5, 5.41) is 13.0. The Bertz CT molecular complexity index is 1770. The van der Waals surface area contributed by atoms with Crippen molar-refractivity contribution >= 4 is 38.6 Å². The number of carbonyl (C=O) groups excluding carboxylic acids is 1. The minimum absolute atomic E-state index is 0.0351. The first-order chi connectivity index (χ1) is 20.3. The molecule has 10 nitrogen and oxygen atoms in total. The van der Waals surface area contributed by atoms with Crippen LogP contribution in [0.2, 0.25) is 0 Å². The molecule has 0 bridgehead atoms. The van der Waals surface area contributed by atoms with Crippen molar-refractivity contribution in [3.63, 3.8) is 0 Å². The molecule has 3 aromatic carbocycles. The number of nitrogens with one attached hydrogen (secondary N) is 2. The predicted molar refractivity (Wildman–Crippen MR) is 161 cm³/mol. The number of carboxylic acid groups (broad SMARTS) is 1. The summed E-state index contributed by atoms with van der Waals surface area (Å²) in [6.45, 7) is 9.24. The smallest absolute Gasteiger partial charge is 0.322 e. The summed E-state index contributed by atoms with van der Waals surface area (Å²) in [7, 11) is -4.02. The first kappa shape index (κ1) is 30.4. The maximum atomic E-state index is 13.2. The Morgan fingerprint density at radius 3 is 2.16 bits per heavy atom. The highest BCUT2D eigenvalue weighted by Gasteiger charge is 2.35. The lowest BCUT2D eigenvalue weighted by Crippen LogP contribution is -2.44. The quantitative estimate of drug-likeness (QED) is 0.215. The first-order valence-electron chi connectivity index (χ1n) is 13.9. The lowest BCUT2D eigenvalue weighted by Gasteiger charge is -2.18. The minimum Gasteiger partial charge on any atom is -0.480 e. The molecule has 226 valence electrons. The van der Waals surface area contributed by atoms with Crippen LogP contribution in [0.5, 0.6) is 0 Å². The molecule has 0 radical (unpaired) electrons. The van der Waals surface area contributed by atoms with E-state index in [9.17, 15) is 23.1 Å². The van der Waals surface area contributed by atoms with Crippen molar-refractivity contribution in [1.82, 2.24) is 4.72 Å². The molecule has 0 saturated carbocycles. The van der Waals surface area contributed by atoms with E-state index in [0.29, 0.717) is 23.4 Å². The number of furan rings is 1. The van der Waals surface area contributed by atoms with Gasteiger partial charge in [0.1, 0.15) is 17.7 Å². The maximum absolute atomic E-state index is 13.2. The fourth-order valence-corrected chi connectivity index (χ4v) is 6.46. The molecule has 1 aliphatic heterocycles. The van der Waals surface area contributed by atoms with E-state index in [4.69, 9.17) is 13.9 Å². The normalized spacial score (nSPS) is 17.3. The molecule has 1 fully saturated rings. The van der Waals surface area contributed by atoms with Crippen LogP contribution in [-0.4, -0.2) is 43.8 Å². The topological polar surface area (TPSA) is 144 Å².